The molecule has 3 rings (SSSR count). The highest BCUT2D eigenvalue weighted by Gasteiger charge is 2.54. The van der Waals surface area contributed by atoms with E-state index in [2.05, 4.69) is 0 Å². The van der Waals surface area contributed by atoms with E-state index in [9.17, 15) is 14.4 Å². The van der Waals surface area contributed by atoms with Gasteiger partial charge in [0.2, 0.25) is 5.91 Å². The molecule has 29 heavy (non-hydrogen) atoms. The molecule has 0 bridgehead atoms. The second-order valence-corrected chi connectivity index (χ2v) is 6.56. The van der Waals surface area contributed by atoms with Crippen LogP contribution in [0.15, 0.2) is 54.6 Å². The molecule has 1 heterocycles. The van der Waals surface area contributed by atoms with Gasteiger partial charge in [0.15, 0.2) is 0 Å². The van der Waals surface area contributed by atoms with E-state index in [-0.39, 0.29) is 25.5 Å². The number of carbonyl (C=O) groups excluding carboxylic acids is 3. The number of hydrogen-bond donors (Lipinski definition) is 0. The first-order valence-corrected chi connectivity index (χ1v) is 9.38. The molecule has 0 aliphatic carbocycles. The number of rotatable bonds is 8. The van der Waals surface area contributed by atoms with Gasteiger partial charge in [-0.3, -0.25) is 14.5 Å². The first-order valence-electron chi connectivity index (χ1n) is 9.38. The fraction of sp³-hybridized carbons (Fsp3) is 0.318. The molecule has 0 radical (unpaired) electrons. The van der Waals surface area contributed by atoms with E-state index < -0.39 is 23.9 Å². The quantitative estimate of drug-likeness (QED) is 0.503. The third kappa shape index (κ3) is 4.56. The summed E-state index contributed by atoms with van der Waals surface area (Å²) in [6.07, 6.45) is -0.162. The maximum absolute atomic E-state index is 12.8. The zero-order valence-corrected chi connectivity index (χ0v) is 16.4. The fourth-order valence-electron chi connectivity index (χ4n) is 3.26. The van der Waals surface area contributed by atoms with Crippen molar-refractivity contribution in [2.24, 2.45) is 5.92 Å². The summed E-state index contributed by atoms with van der Waals surface area (Å²) in [6, 6.07) is 15.2. The van der Waals surface area contributed by atoms with E-state index in [0.29, 0.717) is 11.4 Å². The molecule has 1 amide bonds. The molecule has 152 valence electrons. The minimum atomic E-state index is -0.885. The number of ether oxygens (including phenoxy) is 3. The number of carbonyl (C=O) groups is 3. The van der Waals surface area contributed by atoms with E-state index in [0.717, 1.165) is 5.56 Å². The highest BCUT2D eigenvalue weighted by Crippen LogP contribution is 2.36. The molecule has 0 N–H and O–H groups in total. The standard InChI is InChI=1S/C22H23NO6/c1-3-28-19(24)13-18-20(22(26)29-14-15-7-5-4-6-8-15)23(21(18)25)16-9-11-17(27-2)12-10-16/h4-12,18,20H,3,13-14H2,1-2H3/t18-,20-/m1/s1. The molecule has 2 aromatic carbocycles. The van der Waals surface area contributed by atoms with Crippen molar-refractivity contribution < 1.29 is 28.6 Å². The van der Waals surface area contributed by atoms with Gasteiger partial charge in [0.25, 0.3) is 0 Å². The number of benzene rings is 2. The SMILES string of the molecule is CCOC(=O)C[C@H]1C(=O)N(c2ccc(OC)cc2)[C@H]1C(=O)OCc1ccccc1. The van der Waals surface area contributed by atoms with Gasteiger partial charge in [-0.05, 0) is 36.8 Å². The molecule has 7 heteroatoms. The highest BCUT2D eigenvalue weighted by atomic mass is 16.5. The second-order valence-electron chi connectivity index (χ2n) is 6.56. The maximum Gasteiger partial charge on any atom is 0.330 e. The largest absolute Gasteiger partial charge is 0.497 e. The Labute approximate surface area is 169 Å². The van der Waals surface area contributed by atoms with Crippen LogP contribution < -0.4 is 9.64 Å². The van der Waals surface area contributed by atoms with E-state index in [4.69, 9.17) is 14.2 Å². The van der Waals surface area contributed by atoms with Crippen molar-refractivity contribution in [3.05, 3.63) is 60.2 Å². The van der Waals surface area contributed by atoms with Crippen molar-refractivity contribution in [1.29, 1.82) is 0 Å². The summed E-state index contributed by atoms with van der Waals surface area (Å²) in [5.74, 6) is -1.56. The van der Waals surface area contributed by atoms with Crippen molar-refractivity contribution in [2.45, 2.75) is 26.0 Å². The number of nitrogens with zero attached hydrogens (tertiary/aromatic N) is 1. The third-order valence-corrected chi connectivity index (χ3v) is 4.72. The van der Waals surface area contributed by atoms with Crippen LogP contribution in [0.5, 0.6) is 5.75 Å². The van der Waals surface area contributed by atoms with Gasteiger partial charge in [0, 0.05) is 5.69 Å². The summed E-state index contributed by atoms with van der Waals surface area (Å²) in [5.41, 5.74) is 1.38. The lowest BCUT2D eigenvalue weighted by Crippen LogP contribution is -2.65. The summed E-state index contributed by atoms with van der Waals surface area (Å²) >= 11 is 0. The van der Waals surface area contributed by atoms with Crippen LogP contribution in [-0.4, -0.2) is 37.6 Å². The van der Waals surface area contributed by atoms with Gasteiger partial charge in [-0.1, -0.05) is 30.3 Å². The minimum Gasteiger partial charge on any atom is -0.497 e. The average Bonchev–Trinajstić information content (AvgIpc) is 2.75. The summed E-state index contributed by atoms with van der Waals surface area (Å²) in [7, 11) is 1.54. The lowest BCUT2D eigenvalue weighted by Gasteiger charge is -2.44. The zero-order valence-electron chi connectivity index (χ0n) is 16.4. The number of esters is 2. The Bertz CT molecular complexity index is 865. The molecule has 2 atom stereocenters. The molecule has 0 saturated carbocycles. The van der Waals surface area contributed by atoms with Gasteiger partial charge in [-0.2, -0.15) is 0 Å². The van der Waals surface area contributed by atoms with Gasteiger partial charge in [0.1, 0.15) is 18.4 Å². The van der Waals surface area contributed by atoms with Crippen LogP contribution in [0.4, 0.5) is 5.69 Å². The summed E-state index contributed by atoms with van der Waals surface area (Å²) < 4.78 is 15.5. The van der Waals surface area contributed by atoms with E-state index in [1.807, 2.05) is 30.3 Å². The highest BCUT2D eigenvalue weighted by molar-refractivity contribution is 6.11. The first kappa shape index (κ1) is 20.4. The summed E-state index contributed by atoms with van der Waals surface area (Å²) in [6.45, 7) is 1.99. The molecule has 0 spiro atoms. The number of methoxy groups -OCH3 is 1. The Morgan fingerprint density at radius 2 is 1.69 bits per heavy atom. The van der Waals surface area contributed by atoms with Crippen molar-refractivity contribution in [3.63, 3.8) is 0 Å². The Kier molecular flexibility index (Phi) is 6.49. The van der Waals surface area contributed by atoms with Crippen LogP contribution in [0.2, 0.25) is 0 Å². The molecule has 1 aliphatic rings. The van der Waals surface area contributed by atoms with Crippen molar-refractivity contribution in [3.8, 4) is 5.75 Å². The average molecular weight is 397 g/mol. The van der Waals surface area contributed by atoms with Crippen LogP contribution in [-0.2, 0) is 30.5 Å². The van der Waals surface area contributed by atoms with Crippen LogP contribution in [0.1, 0.15) is 18.9 Å². The third-order valence-electron chi connectivity index (χ3n) is 4.72. The molecule has 1 fully saturated rings. The summed E-state index contributed by atoms with van der Waals surface area (Å²) in [5, 5.41) is 0. The molecule has 2 aromatic rings. The smallest absolute Gasteiger partial charge is 0.330 e. The zero-order chi connectivity index (χ0) is 20.8. The van der Waals surface area contributed by atoms with E-state index in [1.165, 1.54) is 4.90 Å². The van der Waals surface area contributed by atoms with Gasteiger partial charge < -0.3 is 14.2 Å². The number of amides is 1. The molecule has 0 unspecified atom stereocenters. The first-order chi connectivity index (χ1) is 14.0. The lowest BCUT2D eigenvalue weighted by atomic mass is 9.84. The van der Waals surface area contributed by atoms with Crippen LogP contribution in [0.25, 0.3) is 0 Å². The Hall–Kier alpha value is -3.35. The van der Waals surface area contributed by atoms with Gasteiger partial charge in [-0.25, -0.2) is 4.79 Å². The van der Waals surface area contributed by atoms with Gasteiger partial charge in [0.05, 0.1) is 26.1 Å². The molecule has 0 aromatic heterocycles. The molecule has 1 saturated heterocycles. The van der Waals surface area contributed by atoms with Crippen LogP contribution >= 0.6 is 0 Å². The van der Waals surface area contributed by atoms with Crippen molar-refractivity contribution in [1.82, 2.24) is 0 Å². The normalized spacial score (nSPS) is 18.0. The fourth-order valence-corrected chi connectivity index (χ4v) is 3.26. The topological polar surface area (TPSA) is 82.1 Å². The van der Waals surface area contributed by atoms with Crippen LogP contribution in [0.3, 0.4) is 0 Å². The Morgan fingerprint density at radius 1 is 1.00 bits per heavy atom. The molecule has 7 nitrogen and oxygen atoms in total. The Morgan fingerprint density at radius 3 is 2.31 bits per heavy atom. The lowest BCUT2D eigenvalue weighted by molar-refractivity contribution is -0.158. The van der Waals surface area contributed by atoms with Gasteiger partial charge >= 0.3 is 11.9 Å². The predicted octanol–water partition coefficient (Wildman–Crippen LogP) is 2.72. The van der Waals surface area contributed by atoms with Crippen molar-refractivity contribution >= 4 is 23.5 Å². The second kappa shape index (κ2) is 9.23. The van der Waals surface area contributed by atoms with E-state index in [1.54, 1.807) is 38.3 Å². The monoisotopic (exact) mass is 397 g/mol. The molecule has 1 aliphatic heterocycles. The van der Waals surface area contributed by atoms with E-state index >= 15 is 0 Å². The van der Waals surface area contributed by atoms with Crippen LogP contribution in [0, 0.1) is 5.92 Å². The predicted molar refractivity (Wildman–Crippen MR) is 105 cm³/mol. The number of anilines is 1. The van der Waals surface area contributed by atoms with Gasteiger partial charge in [-0.15, -0.1) is 0 Å². The molecular weight excluding hydrogens is 374 g/mol. The maximum atomic E-state index is 12.8. The minimum absolute atomic E-state index is 0.0902. The molecular formula is C22H23NO6. The Balaban J connectivity index is 1.77. The number of hydrogen-bond acceptors (Lipinski definition) is 6. The number of β-lactam (4-membered cyclic amide) rings is 1. The summed E-state index contributed by atoms with van der Waals surface area (Å²) in [4.78, 5) is 38.8. The van der Waals surface area contributed by atoms with Crippen molar-refractivity contribution in [2.75, 3.05) is 18.6 Å².